The van der Waals surface area contributed by atoms with Crippen LogP contribution in [0, 0.1) is 16.0 Å². The molecule has 8 nitrogen and oxygen atoms in total. The third kappa shape index (κ3) is 4.89. The lowest BCUT2D eigenvalue weighted by atomic mass is 9.96. The van der Waals surface area contributed by atoms with E-state index in [1.807, 2.05) is 0 Å². The number of hydrogen-bond donors (Lipinski definition) is 2. The van der Waals surface area contributed by atoms with Crippen molar-refractivity contribution in [3.8, 4) is 0 Å². The van der Waals surface area contributed by atoms with Gasteiger partial charge in [0.05, 0.1) is 16.4 Å². The second kappa shape index (κ2) is 7.91. The lowest BCUT2D eigenvalue weighted by Crippen LogP contribution is -2.37. The number of nitrogens with one attached hydrogen (secondary N) is 1. The van der Waals surface area contributed by atoms with Crippen LogP contribution in [0.25, 0.3) is 0 Å². The fourth-order valence-corrected chi connectivity index (χ4v) is 3.49. The summed E-state index contributed by atoms with van der Waals surface area (Å²) >= 11 is 0. The van der Waals surface area contributed by atoms with Crippen molar-refractivity contribution >= 4 is 21.2 Å². The van der Waals surface area contributed by atoms with Crippen LogP contribution >= 0.6 is 0 Å². The van der Waals surface area contributed by atoms with Crippen LogP contribution in [0.1, 0.15) is 12.8 Å². The predicted octanol–water partition coefficient (Wildman–Crippen LogP) is 1.11. The average molecular weight is 357 g/mol. The first-order valence-electron chi connectivity index (χ1n) is 7.87. The maximum atomic E-state index is 11.5. The molecule has 0 bridgehead atoms. The molecule has 134 valence electrons. The van der Waals surface area contributed by atoms with E-state index in [0.29, 0.717) is 24.7 Å². The Morgan fingerprint density at radius 3 is 2.58 bits per heavy atom. The van der Waals surface area contributed by atoms with Gasteiger partial charge in [-0.1, -0.05) is 0 Å². The van der Waals surface area contributed by atoms with E-state index < -0.39 is 14.8 Å². The van der Waals surface area contributed by atoms with Gasteiger partial charge in [0.15, 0.2) is 9.84 Å². The fourth-order valence-electron chi connectivity index (χ4n) is 2.85. The summed E-state index contributed by atoms with van der Waals surface area (Å²) in [6.45, 7) is 3.25. The number of anilines is 1. The Morgan fingerprint density at radius 1 is 1.38 bits per heavy atom. The fraction of sp³-hybridized carbons (Fsp3) is 0.600. The summed E-state index contributed by atoms with van der Waals surface area (Å²) in [6.07, 6.45) is 2.95. The molecule has 1 aliphatic heterocycles. The Hall–Kier alpha value is -1.71. The van der Waals surface area contributed by atoms with Crippen LogP contribution in [0.2, 0.25) is 0 Å². The molecule has 0 atom stereocenters. The summed E-state index contributed by atoms with van der Waals surface area (Å²) in [7, 11) is -3.48. The van der Waals surface area contributed by atoms with Crippen LogP contribution in [-0.4, -0.2) is 62.4 Å². The number of piperidine rings is 1. The monoisotopic (exact) mass is 357 g/mol. The SMILES string of the molecule is CS(=O)(=O)c1ccc(NCC2CCN(CCO)CC2)c([N+](=O)[O-])c1. The van der Waals surface area contributed by atoms with Crippen molar-refractivity contribution in [3.05, 3.63) is 28.3 Å². The highest BCUT2D eigenvalue weighted by Gasteiger charge is 2.22. The molecule has 0 radical (unpaired) electrons. The zero-order valence-electron chi connectivity index (χ0n) is 13.6. The van der Waals surface area contributed by atoms with E-state index in [4.69, 9.17) is 5.11 Å². The highest BCUT2D eigenvalue weighted by atomic mass is 32.2. The Morgan fingerprint density at radius 2 is 2.04 bits per heavy atom. The van der Waals surface area contributed by atoms with Crippen molar-refractivity contribution in [2.75, 3.05) is 44.4 Å². The molecule has 0 spiro atoms. The van der Waals surface area contributed by atoms with Crippen LogP contribution < -0.4 is 5.32 Å². The minimum absolute atomic E-state index is 0.0583. The molecule has 1 heterocycles. The smallest absolute Gasteiger partial charge is 0.293 e. The lowest BCUT2D eigenvalue weighted by molar-refractivity contribution is -0.384. The van der Waals surface area contributed by atoms with E-state index in [0.717, 1.165) is 38.3 Å². The molecule has 1 aliphatic rings. The summed E-state index contributed by atoms with van der Waals surface area (Å²) in [5.41, 5.74) is 0.112. The predicted molar refractivity (Wildman–Crippen MR) is 90.9 cm³/mol. The summed E-state index contributed by atoms with van der Waals surface area (Å²) in [5, 5.41) is 23.2. The first kappa shape index (κ1) is 18.6. The topological polar surface area (TPSA) is 113 Å². The number of hydrogen-bond acceptors (Lipinski definition) is 7. The molecule has 0 aromatic heterocycles. The maximum Gasteiger partial charge on any atom is 0.293 e. The molecule has 0 unspecified atom stereocenters. The van der Waals surface area contributed by atoms with E-state index in [-0.39, 0.29) is 17.2 Å². The Balaban J connectivity index is 2.01. The van der Waals surface area contributed by atoms with Gasteiger partial charge in [0.1, 0.15) is 5.69 Å². The first-order valence-corrected chi connectivity index (χ1v) is 9.76. The first-order chi connectivity index (χ1) is 11.3. The second-order valence-electron chi connectivity index (χ2n) is 6.10. The molecule has 2 N–H and O–H groups in total. The normalized spacial score (nSPS) is 16.9. The molecule has 1 aromatic rings. The Kier molecular flexibility index (Phi) is 6.14. The molecule has 0 saturated carbocycles. The highest BCUT2D eigenvalue weighted by Crippen LogP contribution is 2.28. The Labute approximate surface area is 141 Å². The van der Waals surface area contributed by atoms with E-state index in [1.54, 1.807) is 0 Å². The van der Waals surface area contributed by atoms with Crippen molar-refractivity contribution in [2.24, 2.45) is 5.92 Å². The van der Waals surface area contributed by atoms with E-state index in [2.05, 4.69) is 10.2 Å². The van der Waals surface area contributed by atoms with Crippen LogP contribution in [0.15, 0.2) is 23.1 Å². The lowest BCUT2D eigenvalue weighted by Gasteiger charge is -2.31. The summed E-state index contributed by atoms with van der Waals surface area (Å²) < 4.78 is 23.1. The maximum absolute atomic E-state index is 11.5. The van der Waals surface area contributed by atoms with Crippen molar-refractivity contribution in [1.82, 2.24) is 4.90 Å². The van der Waals surface area contributed by atoms with Gasteiger partial charge >= 0.3 is 0 Å². The largest absolute Gasteiger partial charge is 0.395 e. The number of aliphatic hydroxyl groups is 1. The molecule has 1 saturated heterocycles. The molecule has 2 rings (SSSR count). The minimum Gasteiger partial charge on any atom is -0.395 e. The number of sulfone groups is 1. The number of β-amino-alcohol motifs (C(OH)–C–C–N with tert-alkyl or cyclic N) is 1. The zero-order chi connectivity index (χ0) is 17.7. The van der Waals surface area contributed by atoms with Gasteiger partial charge in [0, 0.05) is 25.4 Å². The average Bonchev–Trinajstić information content (AvgIpc) is 2.53. The van der Waals surface area contributed by atoms with Crippen LogP contribution in [0.5, 0.6) is 0 Å². The second-order valence-corrected chi connectivity index (χ2v) is 8.11. The van der Waals surface area contributed by atoms with E-state index in [9.17, 15) is 18.5 Å². The Bertz CT molecular complexity index is 684. The molecule has 0 amide bonds. The van der Waals surface area contributed by atoms with E-state index >= 15 is 0 Å². The van der Waals surface area contributed by atoms with Crippen molar-refractivity contribution in [2.45, 2.75) is 17.7 Å². The number of nitro groups is 1. The molecule has 9 heteroatoms. The molecular weight excluding hydrogens is 334 g/mol. The third-order valence-electron chi connectivity index (χ3n) is 4.30. The summed E-state index contributed by atoms with van der Waals surface area (Å²) in [5.74, 6) is 0.397. The highest BCUT2D eigenvalue weighted by molar-refractivity contribution is 7.90. The van der Waals surface area contributed by atoms with Crippen molar-refractivity contribution in [1.29, 1.82) is 0 Å². The number of nitrogens with zero attached hydrogens (tertiary/aromatic N) is 2. The van der Waals surface area contributed by atoms with Gasteiger partial charge in [-0.25, -0.2) is 8.42 Å². The minimum atomic E-state index is -3.48. The van der Waals surface area contributed by atoms with E-state index in [1.165, 1.54) is 12.1 Å². The van der Waals surface area contributed by atoms with Gasteiger partial charge in [0.25, 0.3) is 5.69 Å². The van der Waals surface area contributed by atoms with Gasteiger partial charge in [-0.15, -0.1) is 0 Å². The van der Waals surface area contributed by atoms with Crippen molar-refractivity contribution in [3.63, 3.8) is 0 Å². The molecule has 0 aliphatic carbocycles. The van der Waals surface area contributed by atoms with Gasteiger partial charge in [0.2, 0.25) is 0 Å². The number of rotatable bonds is 7. The van der Waals surface area contributed by atoms with Gasteiger partial charge in [-0.3, -0.25) is 10.1 Å². The molecule has 1 aromatic carbocycles. The number of aliphatic hydroxyl groups excluding tert-OH is 1. The number of benzene rings is 1. The zero-order valence-corrected chi connectivity index (χ0v) is 14.5. The van der Waals surface area contributed by atoms with Crippen LogP contribution in [0.3, 0.4) is 0 Å². The molecular formula is C15H23N3O5S. The molecule has 1 fully saturated rings. The van der Waals surface area contributed by atoms with Crippen molar-refractivity contribution < 1.29 is 18.4 Å². The van der Waals surface area contributed by atoms with Gasteiger partial charge in [-0.2, -0.15) is 0 Å². The molecule has 24 heavy (non-hydrogen) atoms. The van der Waals surface area contributed by atoms with Crippen LogP contribution in [0.4, 0.5) is 11.4 Å². The van der Waals surface area contributed by atoms with Gasteiger partial charge in [-0.05, 0) is 44.0 Å². The quantitative estimate of drug-likeness (QED) is 0.555. The third-order valence-corrected chi connectivity index (χ3v) is 5.41. The number of likely N-dealkylation sites (tertiary alicyclic amines) is 1. The summed E-state index contributed by atoms with van der Waals surface area (Å²) in [4.78, 5) is 12.8. The summed E-state index contributed by atoms with van der Waals surface area (Å²) in [6, 6.07) is 3.94. The van der Waals surface area contributed by atoms with Crippen LogP contribution in [-0.2, 0) is 9.84 Å². The standard InChI is InChI=1S/C15H23N3O5S/c1-24(22,23)13-2-3-14(15(10-13)18(20)21)16-11-12-4-6-17(7-5-12)8-9-19/h2-3,10,12,16,19H,4-9,11H2,1H3. The number of nitro benzene ring substituents is 1. The van der Waals surface area contributed by atoms with Gasteiger partial charge < -0.3 is 15.3 Å².